The van der Waals surface area contributed by atoms with Crippen LogP contribution in [0.4, 0.5) is 22.0 Å². The fourth-order valence-corrected chi connectivity index (χ4v) is 4.36. The van der Waals surface area contributed by atoms with Gasteiger partial charge in [0.25, 0.3) is 0 Å². The zero-order valence-corrected chi connectivity index (χ0v) is 17.2. The lowest BCUT2D eigenvalue weighted by molar-refractivity contribution is 0.252. The van der Waals surface area contributed by atoms with Crippen LogP contribution in [0.3, 0.4) is 0 Å². The minimum Gasteiger partial charge on any atom is -0.366 e. The molecule has 3 aromatic rings. The van der Waals surface area contributed by atoms with E-state index >= 15 is 0 Å². The van der Waals surface area contributed by atoms with Gasteiger partial charge in [-0.1, -0.05) is 0 Å². The molecular weight excluding hydrogens is 376 g/mol. The van der Waals surface area contributed by atoms with Crippen LogP contribution in [0.1, 0.15) is 24.1 Å². The number of nitrogens with one attached hydrogen (secondary N) is 1. The van der Waals surface area contributed by atoms with Gasteiger partial charge in [0.1, 0.15) is 0 Å². The first-order valence-electron chi connectivity index (χ1n) is 10.3. The van der Waals surface area contributed by atoms with Crippen LogP contribution >= 0.6 is 0 Å². The fourth-order valence-electron chi connectivity index (χ4n) is 4.36. The second-order valence-electron chi connectivity index (χ2n) is 8.02. The number of carbonyl (C=O) groups is 1. The number of piperidine rings is 1. The van der Waals surface area contributed by atoms with Gasteiger partial charge in [0, 0.05) is 36.7 Å². The molecule has 0 radical (unpaired) electrons. The van der Waals surface area contributed by atoms with Crippen molar-refractivity contribution >= 4 is 23.2 Å². The largest absolute Gasteiger partial charge is 0.366 e. The van der Waals surface area contributed by atoms with E-state index in [-0.39, 0.29) is 12.1 Å². The van der Waals surface area contributed by atoms with E-state index in [1.54, 1.807) is 18.6 Å². The predicted molar refractivity (Wildman–Crippen MR) is 118 cm³/mol. The smallest absolute Gasteiger partial charge is 0.327 e. The summed E-state index contributed by atoms with van der Waals surface area (Å²) in [4.78, 5) is 31.0. The summed E-state index contributed by atoms with van der Waals surface area (Å²) in [6.07, 6.45) is 7.27. The van der Waals surface area contributed by atoms with Crippen molar-refractivity contribution < 1.29 is 4.79 Å². The fraction of sp³-hybridized carbons (Fsp3) is 0.304. The van der Waals surface area contributed by atoms with Gasteiger partial charge in [0.2, 0.25) is 0 Å². The van der Waals surface area contributed by atoms with Crippen LogP contribution in [0.5, 0.6) is 0 Å². The second-order valence-corrected chi connectivity index (χ2v) is 8.02. The van der Waals surface area contributed by atoms with Crippen LogP contribution in [0.25, 0.3) is 11.3 Å². The Bertz CT molecular complexity index is 1110. The topological polar surface area (TPSA) is 74.2 Å². The van der Waals surface area contributed by atoms with Gasteiger partial charge >= 0.3 is 6.03 Å². The Labute approximate surface area is 175 Å². The summed E-state index contributed by atoms with van der Waals surface area (Å²) in [6.45, 7) is 5.76. The van der Waals surface area contributed by atoms with Crippen molar-refractivity contribution in [3.05, 3.63) is 60.2 Å². The molecule has 7 nitrogen and oxygen atoms in total. The zero-order valence-electron chi connectivity index (χ0n) is 17.2. The molecule has 0 aliphatic carbocycles. The van der Waals surface area contributed by atoms with Crippen molar-refractivity contribution in [1.82, 2.24) is 15.0 Å². The summed E-state index contributed by atoms with van der Waals surface area (Å²) < 4.78 is 0. The van der Waals surface area contributed by atoms with E-state index in [0.717, 1.165) is 60.0 Å². The number of aromatic nitrogens is 3. The summed E-state index contributed by atoms with van der Waals surface area (Å²) in [5, 5.41) is 3.02. The molecule has 0 unspecified atom stereocenters. The van der Waals surface area contributed by atoms with E-state index in [4.69, 9.17) is 4.98 Å². The van der Waals surface area contributed by atoms with Gasteiger partial charge < -0.3 is 10.2 Å². The number of fused-ring (bicyclic) bond motifs is 4. The predicted octanol–water partition coefficient (Wildman–Crippen LogP) is 4.18. The maximum absolute atomic E-state index is 13.4. The number of urea groups is 1. The highest BCUT2D eigenvalue weighted by molar-refractivity contribution is 6.04. The lowest BCUT2D eigenvalue weighted by Crippen LogP contribution is -2.56. The third-order valence-corrected chi connectivity index (χ3v) is 5.72. The maximum atomic E-state index is 13.4. The molecule has 2 amide bonds. The van der Waals surface area contributed by atoms with Crippen molar-refractivity contribution in [2.24, 2.45) is 0 Å². The quantitative estimate of drug-likeness (QED) is 0.699. The van der Waals surface area contributed by atoms with Gasteiger partial charge in [-0.3, -0.25) is 14.9 Å². The SMILES string of the molecule is Cc1cncc(NC(=O)N2c3nc(-c4ccnc(C)c4)ccc3N3CCC[C@H]2C3)c1. The molecule has 1 atom stereocenters. The molecule has 1 N–H and O–H groups in total. The normalized spacial score (nSPS) is 17.5. The Morgan fingerprint density at radius 2 is 2.07 bits per heavy atom. The van der Waals surface area contributed by atoms with Crippen LogP contribution in [0.2, 0.25) is 0 Å². The van der Waals surface area contributed by atoms with Gasteiger partial charge in [0.15, 0.2) is 5.82 Å². The average molecular weight is 400 g/mol. The van der Waals surface area contributed by atoms with E-state index in [9.17, 15) is 4.79 Å². The van der Waals surface area contributed by atoms with Crippen molar-refractivity contribution in [2.45, 2.75) is 32.7 Å². The van der Waals surface area contributed by atoms with Crippen LogP contribution in [-0.2, 0) is 0 Å². The van der Waals surface area contributed by atoms with E-state index in [1.807, 2.05) is 43.0 Å². The summed E-state index contributed by atoms with van der Waals surface area (Å²) in [5.41, 5.74) is 5.49. The summed E-state index contributed by atoms with van der Waals surface area (Å²) in [7, 11) is 0. The first-order chi connectivity index (χ1) is 14.6. The van der Waals surface area contributed by atoms with Crippen molar-refractivity contribution in [2.75, 3.05) is 28.2 Å². The molecule has 0 aromatic carbocycles. The molecule has 7 heteroatoms. The second kappa shape index (κ2) is 7.40. The van der Waals surface area contributed by atoms with Crippen LogP contribution in [-0.4, -0.2) is 40.1 Å². The molecule has 30 heavy (non-hydrogen) atoms. The number of nitrogens with zero attached hydrogens (tertiary/aromatic N) is 5. The Balaban J connectivity index is 1.55. The number of amides is 2. The monoisotopic (exact) mass is 400 g/mol. The molecular formula is C23H24N6O. The summed E-state index contributed by atoms with van der Waals surface area (Å²) >= 11 is 0. The van der Waals surface area contributed by atoms with E-state index < -0.39 is 0 Å². The molecule has 152 valence electrons. The number of hydrogen-bond donors (Lipinski definition) is 1. The minimum absolute atomic E-state index is 0.103. The molecule has 0 spiro atoms. The van der Waals surface area contributed by atoms with Crippen LogP contribution in [0, 0.1) is 13.8 Å². The first kappa shape index (κ1) is 18.5. The molecule has 1 saturated heterocycles. The van der Waals surface area contributed by atoms with Crippen LogP contribution in [0.15, 0.2) is 48.9 Å². The van der Waals surface area contributed by atoms with Gasteiger partial charge in [-0.2, -0.15) is 0 Å². The van der Waals surface area contributed by atoms with Crippen LogP contribution < -0.4 is 15.1 Å². The maximum Gasteiger partial charge on any atom is 0.327 e. The highest BCUT2D eigenvalue weighted by Gasteiger charge is 2.38. The number of pyridine rings is 3. The average Bonchev–Trinajstić information content (AvgIpc) is 2.74. The van der Waals surface area contributed by atoms with E-state index in [0.29, 0.717) is 5.69 Å². The minimum atomic E-state index is -0.161. The van der Waals surface area contributed by atoms with Crippen molar-refractivity contribution in [3.8, 4) is 11.3 Å². The Morgan fingerprint density at radius 1 is 1.17 bits per heavy atom. The molecule has 5 rings (SSSR count). The standard InChI is InChI=1S/C23H24N6O/c1-15-10-18(13-24-12-15)26-23(30)29-19-4-3-9-28(14-19)21-6-5-20(27-22(21)29)17-7-8-25-16(2)11-17/h5-8,10-13,19H,3-4,9,14H2,1-2H3,(H,26,30)/t19-/m0/s1. The number of rotatable bonds is 2. The third-order valence-electron chi connectivity index (χ3n) is 5.72. The molecule has 3 aromatic heterocycles. The Morgan fingerprint density at radius 3 is 2.90 bits per heavy atom. The number of hydrogen-bond acceptors (Lipinski definition) is 5. The van der Waals surface area contributed by atoms with E-state index in [2.05, 4.69) is 26.3 Å². The summed E-state index contributed by atoms with van der Waals surface area (Å²) in [5.74, 6) is 0.719. The number of aryl methyl sites for hydroxylation is 2. The van der Waals surface area contributed by atoms with Gasteiger partial charge in [0.05, 0.1) is 29.3 Å². The third kappa shape index (κ3) is 3.36. The van der Waals surface area contributed by atoms with Gasteiger partial charge in [-0.25, -0.2) is 9.78 Å². The molecule has 2 aliphatic rings. The molecule has 2 aliphatic heterocycles. The first-order valence-corrected chi connectivity index (χ1v) is 10.3. The number of anilines is 3. The highest BCUT2D eigenvalue weighted by atomic mass is 16.2. The molecule has 1 fully saturated rings. The summed E-state index contributed by atoms with van der Waals surface area (Å²) in [6, 6.07) is 9.95. The van der Waals surface area contributed by atoms with E-state index in [1.165, 1.54) is 0 Å². The molecule has 5 heterocycles. The highest BCUT2D eigenvalue weighted by Crippen LogP contribution is 2.39. The Kier molecular flexibility index (Phi) is 4.58. The molecule has 0 saturated carbocycles. The lowest BCUT2D eigenvalue weighted by Gasteiger charge is -2.45. The van der Waals surface area contributed by atoms with Crippen molar-refractivity contribution in [3.63, 3.8) is 0 Å². The zero-order chi connectivity index (χ0) is 20.7. The number of carbonyl (C=O) groups excluding carboxylic acids is 1. The Hall–Kier alpha value is -3.48. The molecule has 2 bridgehead atoms. The van der Waals surface area contributed by atoms with Gasteiger partial charge in [-0.15, -0.1) is 0 Å². The van der Waals surface area contributed by atoms with Gasteiger partial charge in [-0.05, 0) is 62.6 Å². The van der Waals surface area contributed by atoms with Crippen molar-refractivity contribution in [1.29, 1.82) is 0 Å². The lowest BCUT2D eigenvalue weighted by atomic mass is 9.99.